The van der Waals surface area contributed by atoms with Gasteiger partial charge in [0.15, 0.2) is 0 Å². The lowest BCUT2D eigenvalue weighted by Crippen LogP contribution is -2.41. The lowest BCUT2D eigenvalue weighted by molar-refractivity contribution is 0.0696. The molecule has 3 aromatic heterocycles. The van der Waals surface area contributed by atoms with Crippen LogP contribution in [-0.4, -0.2) is 68.1 Å². The molecule has 0 atom stereocenters. The predicted molar refractivity (Wildman–Crippen MR) is 133 cm³/mol. The molecule has 176 valence electrons. The monoisotopic (exact) mass is 449 g/mol. The minimum atomic E-state index is -0.909. The lowest BCUT2D eigenvalue weighted by atomic mass is 9.96. The number of likely N-dealkylation sites (tertiary alicyclic amines) is 1. The van der Waals surface area contributed by atoms with Crippen LogP contribution >= 0.6 is 0 Å². The molecule has 7 nitrogen and oxygen atoms in total. The van der Waals surface area contributed by atoms with Crippen LogP contribution in [0, 0.1) is 6.92 Å². The third kappa shape index (κ3) is 3.95. The van der Waals surface area contributed by atoms with Crippen molar-refractivity contribution >= 4 is 17.2 Å². The van der Waals surface area contributed by atoms with Crippen molar-refractivity contribution in [3.63, 3.8) is 0 Å². The van der Waals surface area contributed by atoms with E-state index in [0.29, 0.717) is 11.6 Å². The van der Waals surface area contributed by atoms with Crippen molar-refractivity contribution in [1.29, 1.82) is 0 Å². The maximum Gasteiger partial charge on any atom is 0.336 e. The number of carboxylic acid groups (broad SMARTS) is 1. The molecule has 0 radical (unpaired) electrons. The first kappa shape index (κ1) is 23.1. The van der Waals surface area contributed by atoms with Crippen LogP contribution in [0.25, 0.3) is 22.5 Å². The Balaban J connectivity index is 1.92. The number of aromatic nitrogens is 3. The summed E-state index contributed by atoms with van der Waals surface area (Å²) < 4.78 is 4.16. The molecule has 4 rings (SSSR count). The highest BCUT2D eigenvalue weighted by atomic mass is 16.4. The second-order valence-corrected chi connectivity index (χ2v) is 9.72. The molecular formula is C26H35N5O2. The maximum absolute atomic E-state index is 12.2. The van der Waals surface area contributed by atoms with Gasteiger partial charge in [0.1, 0.15) is 0 Å². The summed E-state index contributed by atoms with van der Waals surface area (Å²) in [6, 6.07) is 2.39. The van der Waals surface area contributed by atoms with E-state index in [0.717, 1.165) is 65.2 Å². The van der Waals surface area contributed by atoms with Gasteiger partial charge in [0, 0.05) is 37.9 Å². The number of rotatable bonds is 6. The Morgan fingerprint density at radius 1 is 1.27 bits per heavy atom. The van der Waals surface area contributed by atoms with Gasteiger partial charge in [0.2, 0.25) is 0 Å². The Hall–Kier alpha value is -3.06. The Labute approximate surface area is 195 Å². The van der Waals surface area contributed by atoms with E-state index in [1.54, 1.807) is 6.33 Å². The number of aryl methyl sites for hydroxylation is 1. The first-order valence-corrected chi connectivity index (χ1v) is 11.6. The minimum Gasteiger partial charge on any atom is -0.478 e. The summed E-state index contributed by atoms with van der Waals surface area (Å²) in [5.41, 5.74) is 6.98. The van der Waals surface area contributed by atoms with E-state index < -0.39 is 5.97 Å². The number of carbonyl (C=O) groups is 1. The molecule has 1 aliphatic heterocycles. The highest BCUT2D eigenvalue weighted by Crippen LogP contribution is 2.38. The molecule has 0 spiro atoms. The molecule has 1 fully saturated rings. The van der Waals surface area contributed by atoms with Gasteiger partial charge in [0.05, 0.1) is 40.7 Å². The summed E-state index contributed by atoms with van der Waals surface area (Å²) in [6.07, 6.45) is 7.93. The van der Waals surface area contributed by atoms with Crippen LogP contribution in [-0.2, 0) is 7.05 Å². The molecule has 1 saturated heterocycles. The number of piperidine rings is 1. The van der Waals surface area contributed by atoms with Gasteiger partial charge in [-0.1, -0.05) is 20.4 Å². The summed E-state index contributed by atoms with van der Waals surface area (Å²) in [7, 11) is 6.25. The summed E-state index contributed by atoms with van der Waals surface area (Å²) >= 11 is 0. The molecule has 1 aliphatic rings. The Morgan fingerprint density at radius 3 is 2.45 bits per heavy atom. The van der Waals surface area contributed by atoms with Crippen LogP contribution in [0.4, 0.5) is 0 Å². The Kier molecular flexibility index (Phi) is 6.10. The summed E-state index contributed by atoms with van der Waals surface area (Å²) in [5, 5.41) is 10.0. The van der Waals surface area contributed by atoms with Gasteiger partial charge in [-0.05, 0) is 57.0 Å². The van der Waals surface area contributed by atoms with E-state index in [1.165, 1.54) is 0 Å². The van der Waals surface area contributed by atoms with Gasteiger partial charge in [0.25, 0.3) is 0 Å². The molecule has 0 unspecified atom stereocenters. The zero-order valence-electron chi connectivity index (χ0n) is 20.6. The standard InChI is InChI=1S/C26H35N5O2/c1-16(2)24-21(23-13-27-15-29(23)7)14-31-22(24)12-20(26(32)33)17(3)25(31)18(4)30-10-8-19(9-11-30)28(5)6/h12-16,19H,4,8-11H2,1-3,5-7H3,(H,32,33). The third-order valence-electron chi connectivity index (χ3n) is 7.12. The van der Waals surface area contributed by atoms with Crippen LogP contribution in [0.15, 0.2) is 31.4 Å². The van der Waals surface area contributed by atoms with E-state index in [9.17, 15) is 9.90 Å². The summed E-state index contributed by atoms with van der Waals surface area (Å²) in [6.45, 7) is 12.5. The van der Waals surface area contributed by atoms with Gasteiger partial charge in [-0.15, -0.1) is 0 Å². The van der Waals surface area contributed by atoms with Crippen LogP contribution in [0.5, 0.6) is 0 Å². The number of hydrogen-bond donors (Lipinski definition) is 1. The molecule has 4 heterocycles. The molecule has 3 aromatic rings. The second-order valence-electron chi connectivity index (χ2n) is 9.72. The van der Waals surface area contributed by atoms with Crippen LogP contribution in [0.3, 0.4) is 0 Å². The fourth-order valence-electron chi connectivity index (χ4n) is 5.23. The van der Waals surface area contributed by atoms with Crippen LogP contribution in [0.2, 0.25) is 0 Å². The topological polar surface area (TPSA) is 66.0 Å². The number of imidazole rings is 1. The molecule has 0 amide bonds. The molecule has 0 saturated carbocycles. The Bertz CT molecular complexity index is 1210. The fraction of sp³-hybridized carbons (Fsp3) is 0.462. The first-order valence-electron chi connectivity index (χ1n) is 11.6. The maximum atomic E-state index is 12.2. The van der Waals surface area contributed by atoms with E-state index in [-0.39, 0.29) is 5.92 Å². The zero-order valence-corrected chi connectivity index (χ0v) is 20.6. The van der Waals surface area contributed by atoms with Crippen molar-refractivity contribution in [2.75, 3.05) is 27.2 Å². The molecule has 0 aromatic carbocycles. The van der Waals surface area contributed by atoms with Gasteiger partial charge in [-0.3, -0.25) is 0 Å². The smallest absolute Gasteiger partial charge is 0.336 e. The van der Waals surface area contributed by atoms with Crippen LogP contribution in [0.1, 0.15) is 59.8 Å². The first-order chi connectivity index (χ1) is 15.6. The molecule has 7 heteroatoms. The summed E-state index contributed by atoms with van der Waals surface area (Å²) in [5.74, 6) is -0.699. The van der Waals surface area contributed by atoms with Gasteiger partial charge in [-0.2, -0.15) is 0 Å². The van der Waals surface area contributed by atoms with Crippen molar-refractivity contribution in [3.05, 3.63) is 53.8 Å². The van der Waals surface area contributed by atoms with E-state index in [1.807, 2.05) is 30.8 Å². The average molecular weight is 450 g/mol. The summed E-state index contributed by atoms with van der Waals surface area (Å²) in [4.78, 5) is 21.1. The van der Waals surface area contributed by atoms with Crippen molar-refractivity contribution in [2.45, 2.75) is 45.6 Å². The molecule has 33 heavy (non-hydrogen) atoms. The largest absolute Gasteiger partial charge is 0.478 e. The number of hydrogen-bond acceptors (Lipinski definition) is 4. The fourth-order valence-corrected chi connectivity index (χ4v) is 5.23. The zero-order chi connectivity index (χ0) is 24.0. The SMILES string of the molecule is C=C(c1c(C)c(C(=O)O)cc2c(C(C)C)c(-c3cncn3C)cn12)N1CCC(N(C)C)CC1. The van der Waals surface area contributed by atoms with Crippen molar-refractivity contribution < 1.29 is 9.90 Å². The third-order valence-corrected chi connectivity index (χ3v) is 7.12. The Morgan fingerprint density at radius 2 is 1.94 bits per heavy atom. The highest BCUT2D eigenvalue weighted by Gasteiger charge is 2.27. The number of carboxylic acids is 1. The quantitative estimate of drug-likeness (QED) is 0.602. The molecular weight excluding hydrogens is 414 g/mol. The van der Waals surface area contributed by atoms with E-state index in [4.69, 9.17) is 0 Å². The number of aromatic carboxylic acids is 1. The number of pyridine rings is 1. The number of nitrogens with zero attached hydrogens (tertiary/aromatic N) is 5. The van der Waals surface area contributed by atoms with Crippen molar-refractivity contribution in [2.24, 2.45) is 7.05 Å². The van der Waals surface area contributed by atoms with Crippen molar-refractivity contribution in [3.8, 4) is 11.3 Å². The van der Waals surface area contributed by atoms with Gasteiger partial charge < -0.3 is 23.9 Å². The molecule has 0 bridgehead atoms. The predicted octanol–water partition coefficient (Wildman–Crippen LogP) is 4.47. The lowest BCUT2D eigenvalue weighted by Gasteiger charge is -2.38. The normalized spacial score (nSPS) is 15.2. The van der Waals surface area contributed by atoms with Gasteiger partial charge in [-0.25, -0.2) is 9.78 Å². The van der Waals surface area contributed by atoms with E-state index in [2.05, 4.69) is 59.9 Å². The molecule has 0 aliphatic carbocycles. The highest BCUT2D eigenvalue weighted by molar-refractivity contribution is 5.94. The van der Waals surface area contributed by atoms with E-state index >= 15 is 0 Å². The number of fused-ring (bicyclic) bond motifs is 1. The van der Waals surface area contributed by atoms with Gasteiger partial charge >= 0.3 is 5.97 Å². The minimum absolute atomic E-state index is 0.209. The van der Waals surface area contributed by atoms with Crippen molar-refractivity contribution in [1.82, 2.24) is 23.8 Å². The molecule has 1 N–H and O–H groups in total. The van der Waals surface area contributed by atoms with Crippen LogP contribution < -0.4 is 0 Å². The second kappa shape index (κ2) is 8.71. The average Bonchev–Trinajstić information content (AvgIpc) is 3.35.